The normalized spacial score (nSPS) is 11.3. The molecule has 0 fully saturated rings. The van der Waals surface area contributed by atoms with Gasteiger partial charge in [0.15, 0.2) is 0 Å². The van der Waals surface area contributed by atoms with Crippen LogP contribution in [0.25, 0.3) is 0 Å². The predicted octanol–water partition coefficient (Wildman–Crippen LogP) is 1.47. The van der Waals surface area contributed by atoms with Crippen molar-refractivity contribution < 1.29 is 19.1 Å². The van der Waals surface area contributed by atoms with Crippen molar-refractivity contribution in [2.45, 2.75) is 19.1 Å². The molecule has 7 nitrogen and oxygen atoms in total. The largest absolute Gasteiger partial charge is 0.445 e. The van der Waals surface area contributed by atoms with Crippen LogP contribution in [-0.4, -0.2) is 42.4 Å². The van der Waals surface area contributed by atoms with Crippen LogP contribution in [-0.2, 0) is 27.4 Å². The van der Waals surface area contributed by atoms with Gasteiger partial charge in [0.05, 0.1) is 0 Å². The third-order valence-electron chi connectivity index (χ3n) is 3.86. The second-order valence-electron chi connectivity index (χ2n) is 6.11. The molecule has 3 N–H and O–H groups in total. The van der Waals surface area contributed by atoms with Crippen LogP contribution in [0, 0.1) is 0 Å². The zero-order chi connectivity index (χ0) is 19.6. The number of amides is 3. The molecule has 0 radical (unpaired) electrons. The van der Waals surface area contributed by atoms with Crippen LogP contribution in [0.1, 0.15) is 11.1 Å². The predicted molar refractivity (Wildman–Crippen MR) is 101 cm³/mol. The van der Waals surface area contributed by atoms with Crippen molar-refractivity contribution in [2.24, 2.45) is 5.73 Å². The Bertz CT molecular complexity index is 765. The molecule has 0 spiro atoms. The standard InChI is InChI=1S/C20H23N3O4/c1-23(20(26)27-14-16-10-6-3-7-11-16)13-18(24)22-17(19(21)25)12-15-8-4-2-5-9-15/h2-11,17H,12-14H2,1H3,(H2,21,25)(H,22,24). The molecule has 0 aliphatic carbocycles. The summed E-state index contributed by atoms with van der Waals surface area (Å²) in [6, 6.07) is 17.6. The summed E-state index contributed by atoms with van der Waals surface area (Å²) in [7, 11) is 1.45. The molecule has 0 aliphatic rings. The summed E-state index contributed by atoms with van der Waals surface area (Å²) < 4.78 is 5.15. The Kier molecular flexibility index (Phi) is 7.37. The van der Waals surface area contributed by atoms with E-state index in [0.717, 1.165) is 16.0 Å². The average molecular weight is 369 g/mol. The van der Waals surface area contributed by atoms with Crippen molar-refractivity contribution in [3.8, 4) is 0 Å². The van der Waals surface area contributed by atoms with Gasteiger partial charge in [0.1, 0.15) is 19.2 Å². The van der Waals surface area contributed by atoms with Crippen LogP contribution in [0.5, 0.6) is 0 Å². The van der Waals surface area contributed by atoms with Crippen molar-refractivity contribution in [1.29, 1.82) is 0 Å². The summed E-state index contributed by atoms with van der Waals surface area (Å²) in [6.45, 7) is -0.129. The highest BCUT2D eigenvalue weighted by molar-refractivity contribution is 5.88. The van der Waals surface area contributed by atoms with E-state index >= 15 is 0 Å². The highest BCUT2D eigenvalue weighted by Gasteiger charge is 2.21. The number of nitrogens with zero attached hydrogens (tertiary/aromatic N) is 1. The summed E-state index contributed by atoms with van der Waals surface area (Å²) in [5, 5.41) is 2.56. The topological polar surface area (TPSA) is 102 Å². The van der Waals surface area contributed by atoms with Crippen LogP contribution < -0.4 is 11.1 Å². The molecule has 7 heteroatoms. The number of rotatable bonds is 8. The Hall–Kier alpha value is -3.35. The molecule has 27 heavy (non-hydrogen) atoms. The first-order valence-corrected chi connectivity index (χ1v) is 8.50. The lowest BCUT2D eigenvalue weighted by atomic mass is 10.1. The number of nitrogens with one attached hydrogen (secondary N) is 1. The van der Waals surface area contributed by atoms with Gasteiger partial charge in [0, 0.05) is 13.5 Å². The molecule has 0 aromatic heterocycles. The molecule has 0 heterocycles. The fourth-order valence-electron chi connectivity index (χ4n) is 2.42. The maximum atomic E-state index is 12.2. The van der Waals surface area contributed by atoms with Crippen molar-refractivity contribution in [3.63, 3.8) is 0 Å². The van der Waals surface area contributed by atoms with Crippen LogP contribution in [0.15, 0.2) is 60.7 Å². The Balaban J connectivity index is 1.83. The van der Waals surface area contributed by atoms with E-state index in [1.54, 1.807) is 0 Å². The molecular formula is C20H23N3O4. The van der Waals surface area contributed by atoms with Gasteiger partial charge in [-0.15, -0.1) is 0 Å². The third kappa shape index (κ3) is 6.81. The summed E-state index contributed by atoms with van der Waals surface area (Å²) in [6.07, 6.45) is -0.350. The molecule has 0 bridgehead atoms. The summed E-state index contributed by atoms with van der Waals surface area (Å²) in [5.74, 6) is -1.13. The number of hydrogen-bond donors (Lipinski definition) is 2. The van der Waals surface area contributed by atoms with E-state index in [1.807, 2.05) is 60.7 Å². The van der Waals surface area contributed by atoms with E-state index in [0.29, 0.717) is 0 Å². The van der Waals surface area contributed by atoms with Crippen LogP contribution in [0.4, 0.5) is 4.79 Å². The number of benzene rings is 2. The second-order valence-corrected chi connectivity index (χ2v) is 6.11. The zero-order valence-electron chi connectivity index (χ0n) is 15.1. The number of hydrogen-bond acceptors (Lipinski definition) is 4. The van der Waals surface area contributed by atoms with Crippen molar-refractivity contribution in [1.82, 2.24) is 10.2 Å². The number of ether oxygens (including phenoxy) is 1. The summed E-state index contributed by atoms with van der Waals surface area (Å²) in [4.78, 5) is 36.9. The SMILES string of the molecule is CN(CC(=O)NC(Cc1ccccc1)C(N)=O)C(=O)OCc1ccccc1. The number of nitrogens with two attached hydrogens (primary N) is 1. The van der Waals surface area contributed by atoms with Crippen molar-refractivity contribution in [3.05, 3.63) is 71.8 Å². The number of likely N-dealkylation sites (N-methyl/N-ethyl adjacent to an activating group) is 1. The molecule has 142 valence electrons. The maximum Gasteiger partial charge on any atom is 0.410 e. The summed E-state index contributed by atoms with van der Waals surface area (Å²) in [5.41, 5.74) is 7.10. The van der Waals surface area contributed by atoms with E-state index in [-0.39, 0.29) is 19.6 Å². The van der Waals surface area contributed by atoms with Crippen molar-refractivity contribution >= 4 is 17.9 Å². The van der Waals surface area contributed by atoms with Gasteiger partial charge in [0.25, 0.3) is 0 Å². The Morgan fingerprint density at radius 3 is 2.11 bits per heavy atom. The lowest BCUT2D eigenvalue weighted by Gasteiger charge is -2.19. The fraction of sp³-hybridized carbons (Fsp3) is 0.250. The van der Waals surface area contributed by atoms with Gasteiger partial charge in [-0.1, -0.05) is 60.7 Å². The molecular weight excluding hydrogens is 346 g/mol. The van der Waals surface area contributed by atoms with E-state index in [1.165, 1.54) is 7.05 Å². The molecule has 2 rings (SSSR count). The number of primary amides is 1. The van der Waals surface area contributed by atoms with Gasteiger partial charge >= 0.3 is 6.09 Å². The van der Waals surface area contributed by atoms with E-state index in [2.05, 4.69) is 5.32 Å². The molecule has 3 amide bonds. The molecule has 2 aromatic carbocycles. The molecule has 0 saturated carbocycles. The Morgan fingerprint density at radius 1 is 1.00 bits per heavy atom. The van der Waals surface area contributed by atoms with Gasteiger partial charge < -0.3 is 20.7 Å². The van der Waals surface area contributed by atoms with Gasteiger partial charge in [-0.2, -0.15) is 0 Å². The number of carbonyl (C=O) groups is 3. The van der Waals surface area contributed by atoms with Gasteiger partial charge in [-0.25, -0.2) is 4.79 Å². The van der Waals surface area contributed by atoms with E-state index < -0.39 is 23.9 Å². The first kappa shape index (κ1) is 20.0. The first-order chi connectivity index (χ1) is 13.0. The van der Waals surface area contributed by atoms with E-state index in [9.17, 15) is 14.4 Å². The van der Waals surface area contributed by atoms with Crippen molar-refractivity contribution in [2.75, 3.05) is 13.6 Å². The van der Waals surface area contributed by atoms with Gasteiger partial charge in [0.2, 0.25) is 11.8 Å². The Labute approximate surface area is 158 Å². The molecule has 2 aromatic rings. The fourth-order valence-corrected chi connectivity index (χ4v) is 2.42. The second kappa shape index (κ2) is 9.96. The quantitative estimate of drug-likeness (QED) is 0.735. The van der Waals surface area contributed by atoms with E-state index in [4.69, 9.17) is 10.5 Å². The van der Waals surface area contributed by atoms with Crippen LogP contribution in [0.2, 0.25) is 0 Å². The minimum Gasteiger partial charge on any atom is -0.445 e. The van der Waals surface area contributed by atoms with Crippen LogP contribution >= 0.6 is 0 Å². The molecule has 1 atom stereocenters. The molecule has 0 saturated heterocycles. The zero-order valence-corrected chi connectivity index (χ0v) is 15.1. The lowest BCUT2D eigenvalue weighted by Crippen LogP contribution is -2.49. The first-order valence-electron chi connectivity index (χ1n) is 8.50. The van der Waals surface area contributed by atoms with Crippen LogP contribution in [0.3, 0.4) is 0 Å². The maximum absolute atomic E-state index is 12.2. The highest BCUT2D eigenvalue weighted by atomic mass is 16.6. The smallest absolute Gasteiger partial charge is 0.410 e. The average Bonchev–Trinajstić information content (AvgIpc) is 2.67. The van der Waals surface area contributed by atoms with Gasteiger partial charge in [-0.05, 0) is 11.1 Å². The Morgan fingerprint density at radius 2 is 1.56 bits per heavy atom. The summed E-state index contributed by atoms with van der Waals surface area (Å²) >= 11 is 0. The lowest BCUT2D eigenvalue weighted by molar-refractivity contribution is -0.127. The minimum atomic E-state index is -0.853. The third-order valence-corrected chi connectivity index (χ3v) is 3.86. The van der Waals surface area contributed by atoms with Gasteiger partial charge in [-0.3, -0.25) is 9.59 Å². The molecule has 0 aliphatic heterocycles. The molecule has 1 unspecified atom stereocenters. The highest BCUT2D eigenvalue weighted by Crippen LogP contribution is 2.04. The minimum absolute atomic E-state index is 0.115. The monoisotopic (exact) mass is 369 g/mol. The number of carbonyl (C=O) groups excluding carboxylic acids is 3.